The molecule has 0 atom stereocenters. The molecule has 0 amide bonds. The molecule has 3 rings (SSSR count). The summed E-state index contributed by atoms with van der Waals surface area (Å²) in [7, 11) is 0. The second-order valence-electron chi connectivity index (χ2n) is 6.05. The Bertz CT molecular complexity index is 674. The van der Waals surface area contributed by atoms with E-state index < -0.39 is 0 Å². The molecule has 25 heavy (non-hydrogen) atoms. The van der Waals surface area contributed by atoms with E-state index >= 15 is 0 Å². The Balaban J connectivity index is 1.51. The molecule has 2 aromatic rings. The summed E-state index contributed by atoms with van der Waals surface area (Å²) >= 11 is 5.92. The fourth-order valence-corrected chi connectivity index (χ4v) is 2.84. The van der Waals surface area contributed by atoms with Crippen LogP contribution in [-0.2, 0) is 11.3 Å². The van der Waals surface area contributed by atoms with Gasteiger partial charge in [-0.2, -0.15) is 0 Å². The Hall–Kier alpha value is -1.89. The smallest absolute Gasteiger partial charge is 0.132 e. The van der Waals surface area contributed by atoms with Crippen molar-refractivity contribution in [2.24, 2.45) is 0 Å². The normalized spacial score (nSPS) is 15.1. The minimum absolute atomic E-state index is 0.695. The standard InChI is InChI=1S/C18H24ClN5O/c1-14-22-17(20-6-7-24-8-10-25-11-9-24)12-18(23-14)21-13-15-2-4-16(19)5-3-15/h2-5,12H,6-11,13H2,1H3,(H2,20,21,22,23). The van der Waals surface area contributed by atoms with Crippen molar-refractivity contribution >= 4 is 23.2 Å². The van der Waals surface area contributed by atoms with Gasteiger partial charge in [-0.05, 0) is 24.6 Å². The molecule has 0 spiro atoms. The highest BCUT2D eigenvalue weighted by molar-refractivity contribution is 6.30. The highest BCUT2D eigenvalue weighted by atomic mass is 35.5. The van der Waals surface area contributed by atoms with Crippen LogP contribution in [0.1, 0.15) is 11.4 Å². The highest BCUT2D eigenvalue weighted by Gasteiger charge is 2.09. The van der Waals surface area contributed by atoms with E-state index in [0.29, 0.717) is 6.54 Å². The topological polar surface area (TPSA) is 62.3 Å². The molecule has 1 aliphatic heterocycles. The molecule has 1 aliphatic rings. The van der Waals surface area contributed by atoms with Crippen LogP contribution in [0.5, 0.6) is 0 Å². The van der Waals surface area contributed by atoms with Gasteiger partial charge in [0.15, 0.2) is 0 Å². The van der Waals surface area contributed by atoms with E-state index in [9.17, 15) is 0 Å². The number of anilines is 2. The van der Waals surface area contributed by atoms with Gasteiger partial charge in [-0.1, -0.05) is 23.7 Å². The number of rotatable bonds is 7. The third-order valence-corrected chi connectivity index (χ3v) is 4.31. The molecular formula is C18H24ClN5O. The van der Waals surface area contributed by atoms with Crippen molar-refractivity contribution in [2.75, 3.05) is 50.0 Å². The van der Waals surface area contributed by atoms with Gasteiger partial charge in [0.05, 0.1) is 13.2 Å². The second kappa shape index (κ2) is 8.99. The summed E-state index contributed by atoms with van der Waals surface area (Å²) in [4.78, 5) is 11.3. The van der Waals surface area contributed by atoms with Crippen molar-refractivity contribution in [3.05, 3.63) is 46.7 Å². The predicted molar refractivity (Wildman–Crippen MR) is 101 cm³/mol. The van der Waals surface area contributed by atoms with Crippen molar-refractivity contribution in [3.63, 3.8) is 0 Å². The van der Waals surface area contributed by atoms with Crippen LogP contribution in [0.2, 0.25) is 5.02 Å². The van der Waals surface area contributed by atoms with Crippen molar-refractivity contribution in [1.82, 2.24) is 14.9 Å². The Morgan fingerprint density at radius 3 is 2.48 bits per heavy atom. The quantitative estimate of drug-likeness (QED) is 0.790. The Morgan fingerprint density at radius 1 is 1.08 bits per heavy atom. The van der Waals surface area contributed by atoms with Crippen LogP contribution < -0.4 is 10.6 Å². The molecule has 0 bridgehead atoms. The summed E-state index contributed by atoms with van der Waals surface area (Å²) in [5.41, 5.74) is 1.16. The molecular weight excluding hydrogens is 338 g/mol. The lowest BCUT2D eigenvalue weighted by Crippen LogP contribution is -2.39. The Morgan fingerprint density at radius 2 is 1.76 bits per heavy atom. The molecule has 1 saturated heterocycles. The lowest BCUT2D eigenvalue weighted by Gasteiger charge is -2.26. The number of aryl methyl sites for hydroxylation is 1. The zero-order valence-corrected chi connectivity index (χ0v) is 15.2. The van der Waals surface area contributed by atoms with Crippen LogP contribution in [0.15, 0.2) is 30.3 Å². The van der Waals surface area contributed by atoms with Gasteiger partial charge in [0, 0.05) is 43.8 Å². The van der Waals surface area contributed by atoms with E-state index in [0.717, 1.165) is 67.4 Å². The first kappa shape index (κ1) is 17.9. The van der Waals surface area contributed by atoms with Gasteiger partial charge in [0.1, 0.15) is 17.5 Å². The van der Waals surface area contributed by atoms with E-state index in [2.05, 4.69) is 25.5 Å². The lowest BCUT2D eigenvalue weighted by molar-refractivity contribution is 0.0398. The van der Waals surface area contributed by atoms with Gasteiger partial charge >= 0.3 is 0 Å². The molecule has 0 radical (unpaired) electrons. The SMILES string of the molecule is Cc1nc(NCCN2CCOCC2)cc(NCc2ccc(Cl)cc2)n1. The molecule has 6 nitrogen and oxygen atoms in total. The van der Waals surface area contributed by atoms with Crippen LogP contribution in [0.4, 0.5) is 11.6 Å². The summed E-state index contributed by atoms with van der Waals surface area (Å²) in [6, 6.07) is 9.74. The first-order valence-electron chi connectivity index (χ1n) is 8.57. The summed E-state index contributed by atoms with van der Waals surface area (Å²) in [6.07, 6.45) is 0. The molecule has 7 heteroatoms. The van der Waals surface area contributed by atoms with Gasteiger partial charge in [-0.3, -0.25) is 4.90 Å². The third kappa shape index (κ3) is 5.85. The second-order valence-corrected chi connectivity index (χ2v) is 6.48. The van der Waals surface area contributed by atoms with Crippen molar-refractivity contribution in [2.45, 2.75) is 13.5 Å². The third-order valence-electron chi connectivity index (χ3n) is 4.06. The largest absolute Gasteiger partial charge is 0.379 e. The first-order chi connectivity index (χ1) is 12.2. The van der Waals surface area contributed by atoms with Gasteiger partial charge in [0.25, 0.3) is 0 Å². The molecule has 0 unspecified atom stereocenters. The van der Waals surface area contributed by atoms with Crippen molar-refractivity contribution < 1.29 is 4.74 Å². The fourth-order valence-electron chi connectivity index (χ4n) is 2.71. The number of nitrogens with zero attached hydrogens (tertiary/aromatic N) is 3. The van der Waals surface area contributed by atoms with Gasteiger partial charge in [-0.25, -0.2) is 9.97 Å². The molecule has 1 fully saturated rings. The minimum atomic E-state index is 0.695. The van der Waals surface area contributed by atoms with Crippen LogP contribution in [0.25, 0.3) is 0 Å². The van der Waals surface area contributed by atoms with E-state index in [4.69, 9.17) is 16.3 Å². The fraction of sp³-hybridized carbons (Fsp3) is 0.444. The lowest BCUT2D eigenvalue weighted by atomic mass is 10.2. The maximum absolute atomic E-state index is 5.92. The van der Waals surface area contributed by atoms with Crippen LogP contribution in [0.3, 0.4) is 0 Å². The van der Waals surface area contributed by atoms with Crippen LogP contribution in [0, 0.1) is 6.92 Å². The van der Waals surface area contributed by atoms with E-state index in [1.54, 1.807) is 0 Å². The number of nitrogens with one attached hydrogen (secondary N) is 2. The summed E-state index contributed by atoms with van der Waals surface area (Å²) in [5.74, 6) is 2.41. The predicted octanol–water partition coefficient (Wildman–Crippen LogP) is 2.79. The molecule has 0 aliphatic carbocycles. The average Bonchev–Trinajstić information content (AvgIpc) is 2.62. The van der Waals surface area contributed by atoms with Crippen LogP contribution >= 0.6 is 11.6 Å². The summed E-state index contributed by atoms with van der Waals surface area (Å²) in [6.45, 7) is 8.09. The Labute approximate surface area is 153 Å². The van der Waals surface area contributed by atoms with Crippen molar-refractivity contribution in [1.29, 1.82) is 0 Å². The average molecular weight is 362 g/mol. The number of morpholine rings is 1. The summed E-state index contributed by atoms with van der Waals surface area (Å²) < 4.78 is 5.37. The molecule has 1 aromatic carbocycles. The molecule has 1 aromatic heterocycles. The number of ether oxygens (including phenoxy) is 1. The number of aromatic nitrogens is 2. The number of hydrogen-bond acceptors (Lipinski definition) is 6. The molecule has 2 heterocycles. The molecule has 134 valence electrons. The maximum Gasteiger partial charge on any atom is 0.132 e. The van der Waals surface area contributed by atoms with Gasteiger partial charge in [0.2, 0.25) is 0 Å². The number of halogens is 1. The van der Waals surface area contributed by atoms with Crippen molar-refractivity contribution in [3.8, 4) is 0 Å². The molecule has 2 N–H and O–H groups in total. The van der Waals surface area contributed by atoms with E-state index in [-0.39, 0.29) is 0 Å². The molecule has 0 saturated carbocycles. The first-order valence-corrected chi connectivity index (χ1v) is 8.95. The maximum atomic E-state index is 5.92. The zero-order valence-electron chi connectivity index (χ0n) is 14.5. The van der Waals surface area contributed by atoms with Crippen LogP contribution in [-0.4, -0.2) is 54.3 Å². The highest BCUT2D eigenvalue weighted by Crippen LogP contribution is 2.14. The monoisotopic (exact) mass is 361 g/mol. The van der Waals surface area contributed by atoms with Gasteiger partial charge < -0.3 is 15.4 Å². The zero-order chi connectivity index (χ0) is 17.5. The minimum Gasteiger partial charge on any atom is -0.379 e. The van der Waals surface area contributed by atoms with Gasteiger partial charge in [-0.15, -0.1) is 0 Å². The Kier molecular flexibility index (Phi) is 6.44. The van der Waals surface area contributed by atoms with E-state index in [1.807, 2.05) is 37.3 Å². The van der Waals surface area contributed by atoms with E-state index in [1.165, 1.54) is 0 Å². The summed E-state index contributed by atoms with van der Waals surface area (Å²) in [5, 5.41) is 7.47. The number of benzene rings is 1. The number of hydrogen-bond donors (Lipinski definition) is 2.